The molecule has 3 aliphatic carbocycles. The zero-order valence-electron chi connectivity index (χ0n) is 14.7. The third-order valence-corrected chi connectivity index (χ3v) is 6.54. The standard InChI is InChI=1S/C19H30O4/c1-4-19(2,3)18(21)22-11-17(20)23-16-10-13-7-12-5-6-15(16)14(8-12)9-13/h12-16H,4-11H2,1-3H3. The van der Waals surface area contributed by atoms with E-state index < -0.39 is 5.41 Å². The van der Waals surface area contributed by atoms with Crippen molar-refractivity contribution < 1.29 is 19.1 Å². The third-order valence-electron chi connectivity index (χ3n) is 6.54. The van der Waals surface area contributed by atoms with Crippen LogP contribution < -0.4 is 0 Å². The summed E-state index contributed by atoms with van der Waals surface area (Å²) in [6.07, 6.45) is 8.22. The molecule has 3 aliphatic rings. The Labute approximate surface area is 139 Å². The van der Waals surface area contributed by atoms with Gasteiger partial charge in [-0.1, -0.05) is 13.3 Å². The Balaban J connectivity index is 1.51. The van der Waals surface area contributed by atoms with Gasteiger partial charge in [0.05, 0.1) is 5.41 Å². The van der Waals surface area contributed by atoms with Crippen molar-refractivity contribution in [3.05, 3.63) is 0 Å². The number of hydrogen-bond acceptors (Lipinski definition) is 4. The van der Waals surface area contributed by atoms with Crippen LogP contribution in [0.1, 0.15) is 65.7 Å². The minimum atomic E-state index is -0.541. The quantitative estimate of drug-likeness (QED) is 0.724. The second-order valence-electron chi connectivity index (χ2n) is 8.52. The molecule has 5 atom stereocenters. The molecular formula is C19H30O4. The Hall–Kier alpha value is -1.06. The van der Waals surface area contributed by atoms with Crippen molar-refractivity contribution in [3.63, 3.8) is 0 Å². The number of fused-ring (bicyclic) bond motifs is 2. The molecule has 0 aliphatic heterocycles. The fourth-order valence-electron chi connectivity index (χ4n) is 4.85. The highest BCUT2D eigenvalue weighted by atomic mass is 16.6. The van der Waals surface area contributed by atoms with Crippen molar-refractivity contribution in [1.29, 1.82) is 0 Å². The fourth-order valence-corrected chi connectivity index (χ4v) is 4.85. The van der Waals surface area contributed by atoms with E-state index in [1.54, 1.807) is 0 Å². The number of ether oxygens (including phenoxy) is 2. The van der Waals surface area contributed by atoms with Gasteiger partial charge in [-0.2, -0.15) is 0 Å². The lowest BCUT2D eigenvalue weighted by atomic mass is 9.56. The lowest BCUT2D eigenvalue weighted by Gasteiger charge is -2.51. The van der Waals surface area contributed by atoms with Gasteiger partial charge in [0.15, 0.2) is 6.61 Å². The smallest absolute Gasteiger partial charge is 0.344 e. The molecule has 0 amide bonds. The number of esters is 2. The summed E-state index contributed by atoms with van der Waals surface area (Å²) in [6, 6.07) is 0. The molecule has 3 bridgehead atoms. The summed E-state index contributed by atoms with van der Waals surface area (Å²) in [5, 5.41) is 0. The van der Waals surface area contributed by atoms with Gasteiger partial charge in [-0.05, 0) is 76.0 Å². The lowest BCUT2D eigenvalue weighted by molar-refractivity contribution is -0.174. The molecule has 0 N–H and O–H groups in total. The summed E-state index contributed by atoms with van der Waals surface area (Å²) < 4.78 is 10.9. The van der Waals surface area contributed by atoms with Gasteiger partial charge in [-0.25, -0.2) is 4.79 Å². The predicted octanol–water partition coefficient (Wildman–Crippen LogP) is 3.72. The first-order chi connectivity index (χ1) is 10.9. The van der Waals surface area contributed by atoms with Gasteiger partial charge in [0, 0.05) is 0 Å². The SMILES string of the molecule is CCC(C)(C)C(=O)OCC(=O)OC1CC2CC3CCC1C(C3)C2. The maximum atomic E-state index is 12.1. The molecule has 4 nitrogen and oxygen atoms in total. The van der Waals surface area contributed by atoms with Gasteiger partial charge in [0.1, 0.15) is 6.10 Å². The molecule has 0 spiro atoms. The Kier molecular flexibility index (Phi) is 4.70. The molecule has 5 unspecified atom stereocenters. The van der Waals surface area contributed by atoms with Crippen LogP contribution in [0.3, 0.4) is 0 Å². The van der Waals surface area contributed by atoms with Crippen LogP contribution in [0.4, 0.5) is 0 Å². The van der Waals surface area contributed by atoms with Crippen LogP contribution >= 0.6 is 0 Å². The van der Waals surface area contributed by atoms with E-state index in [2.05, 4.69) is 0 Å². The van der Waals surface area contributed by atoms with Crippen LogP contribution in [0.5, 0.6) is 0 Å². The molecule has 4 heteroatoms. The van der Waals surface area contributed by atoms with E-state index in [1.165, 1.54) is 32.1 Å². The second kappa shape index (κ2) is 6.45. The Morgan fingerprint density at radius 2 is 1.78 bits per heavy atom. The van der Waals surface area contributed by atoms with Crippen LogP contribution in [0.2, 0.25) is 0 Å². The van der Waals surface area contributed by atoms with Crippen LogP contribution in [0.15, 0.2) is 0 Å². The van der Waals surface area contributed by atoms with Crippen molar-refractivity contribution in [2.24, 2.45) is 29.1 Å². The van der Waals surface area contributed by atoms with E-state index in [0.717, 1.165) is 24.2 Å². The predicted molar refractivity (Wildman–Crippen MR) is 86.6 cm³/mol. The fraction of sp³-hybridized carbons (Fsp3) is 0.895. The van der Waals surface area contributed by atoms with Gasteiger partial charge in [-0.15, -0.1) is 0 Å². The molecule has 0 radical (unpaired) electrons. The van der Waals surface area contributed by atoms with Crippen molar-refractivity contribution in [2.45, 2.75) is 71.8 Å². The maximum absolute atomic E-state index is 12.1. The highest BCUT2D eigenvalue weighted by Crippen LogP contribution is 2.53. The highest BCUT2D eigenvalue weighted by molar-refractivity contribution is 5.79. The number of carbonyl (C=O) groups excluding carboxylic acids is 2. The molecule has 0 aromatic heterocycles. The van der Waals surface area contributed by atoms with E-state index in [1.807, 2.05) is 20.8 Å². The maximum Gasteiger partial charge on any atom is 0.344 e. The van der Waals surface area contributed by atoms with Crippen molar-refractivity contribution in [3.8, 4) is 0 Å². The summed E-state index contributed by atoms with van der Waals surface area (Å²) in [5.74, 6) is 2.24. The number of carbonyl (C=O) groups is 2. The Morgan fingerprint density at radius 3 is 2.52 bits per heavy atom. The first-order valence-corrected chi connectivity index (χ1v) is 9.25. The van der Waals surface area contributed by atoms with Gasteiger partial charge in [0.2, 0.25) is 0 Å². The minimum absolute atomic E-state index is 0.0467. The monoisotopic (exact) mass is 322 g/mol. The van der Waals surface area contributed by atoms with E-state index in [0.29, 0.717) is 12.3 Å². The average molecular weight is 322 g/mol. The normalized spacial score (nSPS) is 35.7. The largest absolute Gasteiger partial charge is 0.460 e. The number of hydrogen-bond donors (Lipinski definition) is 0. The Bertz CT molecular complexity index is 464. The molecule has 130 valence electrons. The van der Waals surface area contributed by atoms with E-state index in [-0.39, 0.29) is 24.6 Å². The minimum Gasteiger partial charge on any atom is -0.460 e. The topological polar surface area (TPSA) is 52.6 Å². The van der Waals surface area contributed by atoms with Crippen LogP contribution in [-0.4, -0.2) is 24.6 Å². The average Bonchev–Trinajstić information content (AvgIpc) is 2.51. The number of rotatable bonds is 5. The van der Waals surface area contributed by atoms with Gasteiger partial charge >= 0.3 is 11.9 Å². The van der Waals surface area contributed by atoms with Crippen molar-refractivity contribution in [2.75, 3.05) is 6.61 Å². The summed E-state index contributed by atoms with van der Waals surface area (Å²) in [7, 11) is 0. The van der Waals surface area contributed by atoms with Crippen LogP contribution in [-0.2, 0) is 19.1 Å². The van der Waals surface area contributed by atoms with E-state index in [9.17, 15) is 9.59 Å². The molecule has 23 heavy (non-hydrogen) atoms. The van der Waals surface area contributed by atoms with Crippen LogP contribution in [0, 0.1) is 29.1 Å². The summed E-state index contributed by atoms with van der Waals surface area (Å²) >= 11 is 0. The summed E-state index contributed by atoms with van der Waals surface area (Å²) in [4.78, 5) is 24.1. The molecule has 0 saturated heterocycles. The molecular weight excluding hydrogens is 292 g/mol. The molecule has 0 aromatic carbocycles. The van der Waals surface area contributed by atoms with E-state index in [4.69, 9.17) is 9.47 Å². The zero-order valence-corrected chi connectivity index (χ0v) is 14.7. The Morgan fingerprint density at radius 1 is 1.04 bits per heavy atom. The van der Waals surface area contributed by atoms with Crippen LogP contribution in [0.25, 0.3) is 0 Å². The zero-order chi connectivity index (χ0) is 16.6. The molecule has 3 rings (SSSR count). The van der Waals surface area contributed by atoms with Gasteiger partial charge in [0.25, 0.3) is 0 Å². The third kappa shape index (κ3) is 3.56. The first kappa shape index (κ1) is 16.8. The summed E-state index contributed by atoms with van der Waals surface area (Å²) in [6.45, 7) is 5.36. The highest BCUT2D eigenvalue weighted by Gasteiger charge is 2.47. The van der Waals surface area contributed by atoms with Gasteiger partial charge < -0.3 is 9.47 Å². The van der Waals surface area contributed by atoms with E-state index >= 15 is 0 Å². The molecule has 3 fully saturated rings. The van der Waals surface area contributed by atoms with Crippen molar-refractivity contribution >= 4 is 11.9 Å². The molecule has 0 aromatic rings. The second-order valence-corrected chi connectivity index (χ2v) is 8.52. The first-order valence-electron chi connectivity index (χ1n) is 9.25. The van der Waals surface area contributed by atoms with Gasteiger partial charge in [-0.3, -0.25) is 4.79 Å². The summed E-state index contributed by atoms with van der Waals surface area (Å²) in [5.41, 5.74) is -0.541. The lowest BCUT2D eigenvalue weighted by Crippen LogP contribution is -2.46. The molecule has 0 heterocycles. The van der Waals surface area contributed by atoms with Crippen molar-refractivity contribution in [1.82, 2.24) is 0 Å². The molecule has 3 saturated carbocycles.